The van der Waals surface area contributed by atoms with Gasteiger partial charge in [0.2, 0.25) is 0 Å². The Kier molecular flexibility index (Phi) is 10.3. The summed E-state index contributed by atoms with van der Waals surface area (Å²) >= 11 is 0. The van der Waals surface area contributed by atoms with Gasteiger partial charge in [-0.2, -0.15) is 5.10 Å². The molecule has 1 fully saturated rings. The lowest BCUT2D eigenvalue weighted by atomic mass is 9.69. The van der Waals surface area contributed by atoms with Crippen molar-refractivity contribution in [1.82, 2.24) is 25.2 Å². The van der Waals surface area contributed by atoms with Crippen molar-refractivity contribution in [3.8, 4) is 5.75 Å². The number of rotatable bonds is 7. The number of hydrogen-bond acceptors (Lipinski definition) is 7. The van der Waals surface area contributed by atoms with E-state index in [-0.39, 0.29) is 29.8 Å². The molecular formula is C32H44N6O4. The molecule has 10 nitrogen and oxygen atoms in total. The van der Waals surface area contributed by atoms with E-state index in [4.69, 9.17) is 4.74 Å². The molecule has 3 heterocycles. The van der Waals surface area contributed by atoms with Crippen LogP contribution in [0.25, 0.3) is 5.65 Å². The summed E-state index contributed by atoms with van der Waals surface area (Å²) in [5.74, 6) is 2.77. The highest BCUT2D eigenvalue weighted by Gasteiger charge is 2.31. The number of nitrogens with one attached hydrogen (secondary N) is 3. The van der Waals surface area contributed by atoms with E-state index in [1.54, 1.807) is 12.1 Å². The van der Waals surface area contributed by atoms with Crippen LogP contribution >= 0.6 is 0 Å². The van der Waals surface area contributed by atoms with Gasteiger partial charge in [0.25, 0.3) is 11.8 Å². The topological polar surface area (TPSA) is 127 Å². The van der Waals surface area contributed by atoms with Crippen molar-refractivity contribution in [2.75, 3.05) is 32.1 Å². The van der Waals surface area contributed by atoms with E-state index in [2.05, 4.69) is 60.8 Å². The number of amides is 2. The zero-order chi connectivity index (χ0) is 30.3. The van der Waals surface area contributed by atoms with Crippen LogP contribution in [0.2, 0.25) is 0 Å². The number of carbonyl (C=O) groups excluding carboxylic acids is 3. The van der Waals surface area contributed by atoms with Crippen LogP contribution in [-0.4, -0.2) is 59.4 Å². The molecule has 0 bridgehead atoms. The first-order chi connectivity index (χ1) is 20.1. The molecule has 2 aliphatic rings. The Bertz CT molecular complexity index is 1390. The third-order valence-electron chi connectivity index (χ3n) is 8.01. The molecule has 42 heavy (non-hydrogen) atoms. The van der Waals surface area contributed by atoms with E-state index in [0.29, 0.717) is 41.8 Å². The summed E-state index contributed by atoms with van der Waals surface area (Å²) in [5.41, 5.74) is 2.91. The summed E-state index contributed by atoms with van der Waals surface area (Å²) in [7, 11) is 2.09. The second kappa shape index (κ2) is 13.9. The largest absolute Gasteiger partial charge is 0.482 e. The van der Waals surface area contributed by atoms with Crippen molar-refractivity contribution in [3.05, 3.63) is 53.5 Å². The number of aldehydes is 1. The van der Waals surface area contributed by atoms with Crippen LogP contribution in [0, 0.1) is 23.2 Å². The average Bonchev–Trinajstić information content (AvgIpc) is 3.40. The Labute approximate surface area is 248 Å². The molecule has 1 aliphatic carbocycles. The van der Waals surface area contributed by atoms with Gasteiger partial charge in [-0.25, -0.2) is 9.50 Å². The molecule has 1 aromatic carbocycles. The summed E-state index contributed by atoms with van der Waals surface area (Å²) in [4.78, 5) is 39.1. The SMILES string of the molecule is CNCC1(C)CC(C)CC(C)CC(C)C1.O=Cc1cc(C(=O)NCCc2ccc3c(c2)NC(=O)CO3)nc2ccnn12. The highest BCUT2D eigenvalue weighted by molar-refractivity contribution is 5.95. The van der Waals surface area contributed by atoms with Gasteiger partial charge in [0.15, 0.2) is 18.5 Å². The lowest BCUT2D eigenvalue weighted by Crippen LogP contribution is -2.35. The smallest absolute Gasteiger partial charge is 0.270 e. The minimum Gasteiger partial charge on any atom is -0.482 e. The molecule has 3 N–H and O–H groups in total. The monoisotopic (exact) mass is 576 g/mol. The number of benzene rings is 1. The quantitative estimate of drug-likeness (QED) is 0.353. The number of aromatic nitrogens is 3. The lowest BCUT2D eigenvalue weighted by Gasteiger charge is -2.38. The average molecular weight is 577 g/mol. The molecule has 0 saturated heterocycles. The molecule has 2 amide bonds. The molecule has 2 atom stereocenters. The Hall–Kier alpha value is -3.79. The summed E-state index contributed by atoms with van der Waals surface area (Å²) in [6.45, 7) is 11.3. The van der Waals surface area contributed by atoms with Crippen molar-refractivity contribution in [3.63, 3.8) is 0 Å². The molecule has 2 aromatic heterocycles. The Morgan fingerprint density at radius 2 is 1.88 bits per heavy atom. The first-order valence-electron chi connectivity index (χ1n) is 14.9. The van der Waals surface area contributed by atoms with Gasteiger partial charge in [-0.05, 0) is 86.1 Å². The fraction of sp³-hybridized carbons (Fsp3) is 0.531. The second-order valence-corrected chi connectivity index (χ2v) is 12.5. The number of carbonyl (C=O) groups is 3. The molecule has 1 aliphatic heterocycles. The van der Waals surface area contributed by atoms with E-state index in [0.717, 1.165) is 23.3 Å². The maximum Gasteiger partial charge on any atom is 0.270 e. The predicted octanol–water partition coefficient (Wildman–Crippen LogP) is 4.54. The predicted molar refractivity (Wildman–Crippen MR) is 163 cm³/mol. The summed E-state index contributed by atoms with van der Waals surface area (Å²) in [6.07, 6.45) is 8.32. The second-order valence-electron chi connectivity index (χ2n) is 12.5. The van der Waals surface area contributed by atoms with Crippen molar-refractivity contribution >= 4 is 29.4 Å². The third-order valence-corrected chi connectivity index (χ3v) is 8.01. The first-order valence-corrected chi connectivity index (χ1v) is 14.9. The van der Waals surface area contributed by atoms with E-state index in [1.165, 1.54) is 49.0 Å². The van der Waals surface area contributed by atoms with Gasteiger partial charge >= 0.3 is 0 Å². The van der Waals surface area contributed by atoms with Crippen LogP contribution in [0.15, 0.2) is 36.5 Å². The molecule has 0 spiro atoms. The minimum absolute atomic E-state index is 0.0136. The lowest BCUT2D eigenvalue weighted by molar-refractivity contribution is -0.118. The first kappa shape index (κ1) is 31.2. The van der Waals surface area contributed by atoms with Crippen molar-refractivity contribution in [2.45, 2.75) is 59.8 Å². The van der Waals surface area contributed by atoms with Gasteiger partial charge < -0.3 is 20.7 Å². The highest BCUT2D eigenvalue weighted by Crippen LogP contribution is 2.40. The van der Waals surface area contributed by atoms with Gasteiger partial charge in [0.1, 0.15) is 17.1 Å². The van der Waals surface area contributed by atoms with Crippen LogP contribution < -0.4 is 20.7 Å². The fourth-order valence-electron chi connectivity index (χ4n) is 6.81. The van der Waals surface area contributed by atoms with Gasteiger partial charge in [-0.3, -0.25) is 14.4 Å². The number of fused-ring (bicyclic) bond motifs is 2. The molecule has 226 valence electrons. The maximum absolute atomic E-state index is 12.3. The molecule has 3 aromatic rings. The van der Waals surface area contributed by atoms with E-state index >= 15 is 0 Å². The summed E-state index contributed by atoms with van der Waals surface area (Å²) < 4.78 is 6.68. The molecule has 10 heteroatoms. The third kappa shape index (κ3) is 8.15. The van der Waals surface area contributed by atoms with E-state index in [1.807, 2.05) is 12.1 Å². The van der Waals surface area contributed by atoms with Gasteiger partial charge in [0.05, 0.1) is 11.9 Å². The molecule has 2 unspecified atom stereocenters. The Morgan fingerprint density at radius 1 is 1.14 bits per heavy atom. The minimum atomic E-state index is -0.378. The van der Waals surface area contributed by atoms with Crippen molar-refractivity contribution in [1.29, 1.82) is 0 Å². The van der Waals surface area contributed by atoms with Crippen LogP contribution in [0.3, 0.4) is 0 Å². The van der Waals surface area contributed by atoms with Crippen molar-refractivity contribution in [2.24, 2.45) is 23.2 Å². The molecule has 1 saturated carbocycles. The van der Waals surface area contributed by atoms with Gasteiger partial charge in [-0.15, -0.1) is 0 Å². The highest BCUT2D eigenvalue weighted by atomic mass is 16.5. The van der Waals surface area contributed by atoms with E-state index in [9.17, 15) is 14.4 Å². The summed E-state index contributed by atoms with van der Waals surface area (Å²) in [6, 6.07) is 8.50. The van der Waals surface area contributed by atoms with Gasteiger partial charge in [0, 0.05) is 19.2 Å². The number of ether oxygens (including phenoxy) is 1. The fourth-order valence-corrected chi connectivity index (χ4v) is 6.81. The van der Waals surface area contributed by atoms with Crippen LogP contribution in [-0.2, 0) is 11.2 Å². The molecular weight excluding hydrogens is 532 g/mol. The maximum atomic E-state index is 12.3. The van der Waals surface area contributed by atoms with Crippen LogP contribution in [0.1, 0.15) is 79.9 Å². The zero-order valence-corrected chi connectivity index (χ0v) is 25.4. The van der Waals surface area contributed by atoms with Gasteiger partial charge in [-0.1, -0.05) is 33.8 Å². The summed E-state index contributed by atoms with van der Waals surface area (Å²) in [5, 5.41) is 12.9. The van der Waals surface area contributed by atoms with Crippen LogP contribution in [0.5, 0.6) is 5.75 Å². The van der Waals surface area contributed by atoms with Crippen molar-refractivity contribution < 1.29 is 19.1 Å². The Morgan fingerprint density at radius 3 is 2.57 bits per heavy atom. The molecule has 5 rings (SSSR count). The number of anilines is 1. The van der Waals surface area contributed by atoms with Crippen LogP contribution in [0.4, 0.5) is 5.69 Å². The zero-order valence-electron chi connectivity index (χ0n) is 25.4. The number of nitrogens with zero attached hydrogens (tertiary/aromatic N) is 3. The van der Waals surface area contributed by atoms with E-state index < -0.39 is 0 Å². The number of hydrogen-bond donors (Lipinski definition) is 3. The standard InChI is InChI=1S/C18H15N5O4.C14H29N/c24-9-12-8-14(21-16-4-6-20-23(12)16)18(26)19-5-3-11-1-2-15-13(7-11)22-17(25)10-27-15;1-11-6-12(2)8-14(4,10-15-5)9-13(3)7-11/h1-2,4,6-9H,3,5,10H2,(H,19,26)(H,22,25);11-13,15H,6-10H2,1-5H3. The molecule has 0 radical (unpaired) electrons. The Balaban J connectivity index is 0.000000230. The normalized spacial score (nSPS) is 23.7.